The van der Waals surface area contributed by atoms with Crippen molar-refractivity contribution in [3.05, 3.63) is 34.4 Å². The van der Waals surface area contributed by atoms with Crippen LogP contribution in [-0.2, 0) is 13.9 Å². The molecule has 0 aliphatic carbocycles. The van der Waals surface area contributed by atoms with Gasteiger partial charge in [0.1, 0.15) is 0 Å². The summed E-state index contributed by atoms with van der Waals surface area (Å²) in [5.41, 5.74) is -0.138. The third kappa shape index (κ3) is 3.19. The number of hydrogen-bond acceptors (Lipinski definition) is 6. The van der Waals surface area contributed by atoms with E-state index in [0.717, 1.165) is 7.69 Å². The van der Waals surface area contributed by atoms with E-state index in [2.05, 4.69) is 0 Å². The Balaban J connectivity index is 1.87. The molecule has 17 heavy (non-hydrogen) atoms. The topological polar surface area (TPSA) is 80.1 Å². The van der Waals surface area contributed by atoms with E-state index in [1.807, 2.05) is 0 Å². The van der Waals surface area contributed by atoms with Gasteiger partial charge in [-0.15, -0.1) is 0 Å². The molecule has 7 nitrogen and oxygen atoms in total. The second-order valence-corrected chi connectivity index (χ2v) is 3.11. The van der Waals surface area contributed by atoms with Crippen LogP contribution in [0.3, 0.4) is 0 Å². The van der Waals surface area contributed by atoms with Crippen LogP contribution in [0.4, 0.5) is 5.69 Å². The molecule has 1 aromatic rings. The Bertz CT molecular complexity index is 397. The molecule has 1 heterocycles. The minimum Gasteiger partial charge on any atom is -0.533 e. The van der Waals surface area contributed by atoms with Crippen LogP contribution in [-0.4, -0.2) is 33.1 Å². The molecule has 0 aromatic heterocycles. The van der Waals surface area contributed by atoms with Gasteiger partial charge in [0.25, 0.3) is 0 Å². The highest BCUT2D eigenvalue weighted by atomic mass is 16.8. The number of rotatable bonds is 5. The van der Waals surface area contributed by atoms with Gasteiger partial charge in [0.15, 0.2) is 5.75 Å². The van der Waals surface area contributed by atoms with E-state index >= 15 is 0 Å². The summed E-state index contributed by atoms with van der Waals surface area (Å²) in [6.07, 6.45) is 0. The van der Waals surface area contributed by atoms with Crippen molar-refractivity contribution in [2.75, 3.05) is 13.2 Å². The molecule has 1 radical (unpaired) electrons. The third-order valence-corrected chi connectivity index (χ3v) is 1.99. The predicted octanol–water partition coefficient (Wildman–Crippen LogP) is 0.556. The summed E-state index contributed by atoms with van der Waals surface area (Å²) < 4.78 is 19.9. The Morgan fingerprint density at radius 1 is 1.35 bits per heavy atom. The zero-order valence-corrected chi connectivity index (χ0v) is 8.78. The number of nitro groups is 1. The first-order valence-electron chi connectivity index (χ1n) is 4.88. The van der Waals surface area contributed by atoms with E-state index in [1.54, 1.807) is 12.1 Å². The summed E-state index contributed by atoms with van der Waals surface area (Å²) in [5.74, 6) is 0.0931. The molecule has 9 heteroatoms. The van der Waals surface area contributed by atoms with Crippen LogP contribution in [0.15, 0.2) is 24.3 Å². The minimum absolute atomic E-state index is 0.0931. The monoisotopic (exact) mass is 236 g/mol. The van der Waals surface area contributed by atoms with Gasteiger partial charge in [0, 0.05) is 6.07 Å². The zero-order chi connectivity index (χ0) is 12.1. The first-order valence-corrected chi connectivity index (χ1v) is 4.88. The van der Waals surface area contributed by atoms with Gasteiger partial charge in [-0.25, -0.2) is 0 Å². The summed E-state index contributed by atoms with van der Waals surface area (Å²) in [6, 6.07) is 5.98. The van der Waals surface area contributed by atoms with Crippen molar-refractivity contribution in [2.45, 2.75) is 0 Å². The molecule has 87 valence electrons. The van der Waals surface area contributed by atoms with Crippen molar-refractivity contribution in [3.63, 3.8) is 0 Å². The van der Waals surface area contributed by atoms with Crippen LogP contribution < -0.4 is 4.65 Å². The fourth-order valence-corrected chi connectivity index (χ4v) is 1.25. The van der Waals surface area contributed by atoms with Gasteiger partial charge in [-0.2, -0.15) is 0 Å². The third-order valence-electron chi connectivity index (χ3n) is 1.99. The summed E-state index contributed by atoms with van der Waals surface area (Å²) in [6.45, 7) is 0.897. The number of nitrogens with zero attached hydrogens (tertiary/aromatic N) is 1. The Hall–Kier alpha value is -1.57. The van der Waals surface area contributed by atoms with Crippen LogP contribution in [0.25, 0.3) is 0 Å². The van der Waals surface area contributed by atoms with Gasteiger partial charge in [0.2, 0.25) is 0 Å². The Morgan fingerprint density at radius 3 is 2.76 bits per heavy atom. The van der Waals surface area contributed by atoms with Crippen molar-refractivity contribution in [3.8, 4) is 5.75 Å². The van der Waals surface area contributed by atoms with Crippen LogP contribution >= 0.6 is 0 Å². The van der Waals surface area contributed by atoms with E-state index in [4.69, 9.17) is 18.5 Å². The fourth-order valence-electron chi connectivity index (χ4n) is 1.25. The van der Waals surface area contributed by atoms with Crippen molar-refractivity contribution < 1.29 is 23.5 Å². The van der Waals surface area contributed by atoms with Crippen LogP contribution in [0.5, 0.6) is 5.75 Å². The molecule has 1 saturated heterocycles. The molecule has 0 spiro atoms. The van der Waals surface area contributed by atoms with Gasteiger partial charge in [-0.3, -0.25) is 10.1 Å². The van der Waals surface area contributed by atoms with Crippen molar-refractivity contribution >= 4 is 20.7 Å². The lowest BCUT2D eigenvalue weighted by Gasteiger charge is -2.06. The van der Waals surface area contributed by atoms with Crippen molar-refractivity contribution in [1.29, 1.82) is 0 Å². The second kappa shape index (κ2) is 5.67. The maximum Gasteiger partial charge on any atom is 0.626 e. The standard InChI is InChI=1S/C8H8B2NO6/c12-11(13)7-3-1-2-4-8(7)16-9-17-10-14-5-6-15-10/h1-4H,5-6H2. The van der Waals surface area contributed by atoms with E-state index in [1.165, 1.54) is 12.1 Å². The molecule has 0 unspecified atom stereocenters. The quantitative estimate of drug-likeness (QED) is 0.421. The molecule has 0 atom stereocenters. The van der Waals surface area contributed by atoms with Gasteiger partial charge >= 0.3 is 20.7 Å². The molecule has 0 amide bonds. The van der Waals surface area contributed by atoms with Crippen LogP contribution in [0.1, 0.15) is 0 Å². The maximum absolute atomic E-state index is 10.7. The highest BCUT2D eigenvalue weighted by molar-refractivity contribution is 6.46. The Kier molecular flexibility index (Phi) is 3.97. The van der Waals surface area contributed by atoms with E-state index in [9.17, 15) is 10.1 Å². The molecular weight excluding hydrogens is 228 g/mol. The summed E-state index contributed by atoms with van der Waals surface area (Å²) in [7, 11) is 0.149. The molecule has 0 N–H and O–H groups in total. The lowest BCUT2D eigenvalue weighted by Crippen LogP contribution is -2.24. The second-order valence-electron chi connectivity index (χ2n) is 3.11. The lowest BCUT2D eigenvalue weighted by molar-refractivity contribution is -0.385. The van der Waals surface area contributed by atoms with Crippen LogP contribution in [0.2, 0.25) is 0 Å². The lowest BCUT2D eigenvalue weighted by atomic mass is 10.2. The average Bonchev–Trinajstić information content (AvgIpc) is 2.82. The average molecular weight is 236 g/mol. The number of hydrogen-bond donors (Lipinski definition) is 0. The summed E-state index contributed by atoms with van der Waals surface area (Å²) in [4.78, 5) is 10.1. The molecule has 1 aliphatic heterocycles. The maximum atomic E-state index is 10.7. The minimum atomic E-state index is -0.808. The number of para-hydroxylation sites is 2. The van der Waals surface area contributed by atoms with E-state index < -0.39 is 12.2 Å². The largest absolute Gasteiger partial charge is 0.626 e. The van der Waals surface area contributed by atoms with Gasteiger partial charge in [-0.1, -0.05) is 12.1 Å². The van der Waals surface area contributed by atoms with Crippen LogP contribution in [0, 0.1) is 10.1 Å². The molecule has 1 aliphatic rings. The molecular formula is C8H8B2NO6. The molecule has 2 rings (SSSR count). The normalized spacial score (nSPS) is 14.7. The van der Waals surface area contributed by atoms with Gasteiger partial charge < -0.3 is 18.5 Å². The predicted molar refractivity (Wildman–Crippen MR) is 58.2 cm³/mol. The van der Waals surface area contributed by atoms with Crippen molar-refractivity contribution in [2.24, 2.45) is 0 Å². The summed E-state index contributed by atoms with van der Waals surface area (Å²) in [5, 5.41) is 10.7. The molecule has 1 fully saturated rings. The number of benzene rings is 1. The Labute approximate surface area is 98.2 Å². The zero-order valence-electron chi connectivity index (χ0n) is 8.78. The Morgan fingerprint density at radius 2 is 2.06 bits per heavy atom. The first-order chi connectivity index (χ1) is 8.27. The first kappa shape index (κ1) is 11.9. The van der Waals surface area contributed by atoms with E-state index in [-0.39, 0.29) is 11.4 Å². The summed E-state index contributed by atoms with van der Waals surface area (Å²) >= 11 is 0. The molecule has 0 saturated carbocycles. The highest BCUT2D eigenvalue weighted by Crippen LogP contribution is 2.25. The highest BCUT2D eigenvalue weighted by Gasteiger charge is 2.28. The fraction of sp³-hybridized carbons (Fsp3) is 0.250. The SMILES string of the molecule is O=[N+]([O-])c1ccccc1O[B]OB1OCCO1. The smallest absolute Gasteiger partial charge is 0.533 e. The van der Waals surface area contributed by atoms with Gasteiger partial charge in [-0.05, 0) is 6.07 Å². The van der Waals surface area contributed by atoms with Crippen molar-refractivity contribution in [1.82, 2.24) is 0 Å². The molecule has 0 bridgehead atoms. The number of nitro benzene ring substituents is 1. The molecule has 1 aromatic carbocycles. The van der Waals surface area contributed by atoms with E-state index in [0.29, 0.717) is 13.2 Å². The van der Waals surface area contributed by atoms with Gasteiger partial charge in [0.05, 0.1) is 18.1 Å².